The lowest BCUT2D eigenvalue weighted by Gasteiger charge is -1.97. The zero-order chi connectivity index (χ0) is 10.7. The van der Waals surface area contributed by atoms with E-state index in [0.29, 0.717) is 11.4 Å². The minimum Gasteiger partial charge on any atom is -0.273 e. The summed E-state index contributed by atoms with van der Waals surface area (Å²) in [6.07, 6.45) is 1.75. The van der Waals surface area contributed by atoms with Crippen molar-refractivity contribution < 1.29 is 9.59 Å². The van der Waals surface area contributed by atoms with E-state index in [2.05, 4.69) is 15.5 Å². The van der Waals surface area contributed by atoms with E-state index in [4.69, 9.17) is 0 Å². The van der Waals surface area contributed by atoms with E-state index in [0.717, 1.165) is 5.56 Å². The van der Waals surface area contributed by atoms with Crippen molar-refractivity contribution in [2.45, 2.75) is 6.42 Å². The molecule has 0 saturated heterocycles. The van der Waals surface area contributed by atoms with Crippen molar-refractivity contribution in [2.24, 2.45) is 10.1 Å². The van der Waals surface area contributed by atoms with E-state index in [1.165, 1.54) is 6.08 Å². The molecule has 1 aromatic rings. The highest BCUT2D eigenvalue weighted by atomic mass is 16.2. The molecule has 0 saturated carbocycles. The summed E-state index contributed by atoms with van der Waals surface area (Å²) < 4.78 is 0. The Bertz CT molecular complexity index is 470. The Morgan fingerprint density at radius 1 is 1.33 bits per heavy atom. The quantitative estimate of drug-likeness (QED) is 0.569. The maximum absolute atomic E-state index is 10.9. The maximum Gasteiger partial charge on any atom is 0.246 e. The highest BCUT2D eigenvalue weighted by molar-refractivity contribution is 6.13. The second-order valence-electron chi connectivity index (χ2n) is 3.02. The Balaban J connectivity index is 2.24. The molecule has 0 bridgehead atoms. The summed E-state index contributed by atoms with van der Waals surface area (Å²) >= 11 is 0. The molecule has 15 heavy (non-hydrogen) atoms. The smallest absolute Gasteiger partial charge is 0.246 e. The van der Waals surface area contributed by atoms with Crippen molar-refractivity contribution in [1.82, 2.24) is 5.43 Å². The predicted molar refractivity (Wildman–Crippen MR) is 53.5 cm³/mol. The second-order valence-corrected chi connectivity index (χ2v) is 3.02. The van der Waals surface area contributed by atoms with Crippen LogP contribution in [-0.2, 0) is 9.59 Å². The third-order valence-corrected chi connectivity index (χ3v) is 2.02. The molecule has 0 aliphatic carbocycles. The van der Waals surface area contributed by atoms with E-state index in [9.17, 15) is 9.59 Å². The van der Waals surface area contributed by atoms with E-state index in [1.807, 2.05) is 0 Å². The number of hydrogen-bond donors (Lipinski definition) is 1. The van der Waals surface area contributed by atoms with Gasteiger partial charge in [-0.05, 0) is 17.7 Å². The number of aliphatic imine (C=N–C) groups is 1. The molecule has 1 amide bonds. The Hall–Kier alpha value is -2.26. The minimum atomic E-state index is -0.111. The largest absolute Gasteiger partial charge is 0.273 e. The molecule has 74 valence electrons. The Kier molecular flexibility index (Phi) is 2.39. The first kappa shape index (κ1) is 9.30. The van der Waals surface area contributed by atoms with Crippen molar-refractivity contribution in [2.75, 3.05) is 0 Å². The maximum atomic E-state index is 10.9. The van der Waals surface area contributed by atoms with Gasteiger partial charge >= 0.3 is 0 Å². The van der Waals surface area contributed by atoms with Gasteiger partial charge in [0.2, 0.25) is 12.0 Å². The first-order chi connectivity index (χ1) is 7.29. The van der Waals surface area contributed by atoms with Gasteiger partial charge < -0.3 is 0 Å². The molecule has 0 atom stereocenters. The molecular weight excluding hydrogens is 194 g/mol. The number of hydrogen-bond acceptors (Lipinski definition) is 4. The summed E-state index contributed by atoms with van der Waals surface area (Å²) in [4.78, 5) is 24.4. The van der Waals surface area contributed by atoms with Crippen LogP contribution in [0.25, 0.3) is 0 Å². The van der Waals surface area contributed by atoms with Gasteiger partial charge in [-0.3, -0.25) is 4.79 Å². The molecule has 1 aliphatic heterocycles. The molecule has 0 radical (unpaired) electrons. The molecule has 0 fully saturated rings. The van der Waals surface area contributed by atoms with Gasteiger partial charge in [-0.2, -0.15) is 10.1 Å². The molecule has 1 aliphatic rings. The lowest BCUT2D eigenvalue weighted by atomic mass is 10.1. The van der Waals surface area contributed by atoms with Crippen LogP contribution in [0.15, 0.2) is 34.4 Å². The summed E-state index contributed by atoms with van der Waals surface area (Å²) in [5.74, 6) is -0.111. The summed E-state index contributed by atoms with van der Waals surface area (Å²) in [5.41, 5.74) is 4.45. The van der Waals surface area contributed by atoms with E-state index in [-0.39, 0.29) is 12.3 Å². The van der Waals surface area contributed by atoms with Crippen LogP contribution in [0, 0.1) is 0 Å². The van der Waals surface area contributed by atoms with Gasteiger partial charge in [-0.1, -0.05) is 12.1 Å². The van der Waals surface area contributed by atoms with Crippen LogP contribution in [0.5, 0.6) is 0 Å². The number of isocyanates is 1. The van der Waals surface area contributed by atoms with Gasteiger partial charge in [0.15, 0.2) is 0 Å². The van der Waals surface area contributed by atoms with Gasteiger partial charge in [0.05, 0.1) is 17.8 Å². The molecule has 1 heterocycles. The van der Waals surface area contributed by atoms with Crippen molar-refractivity contribution in [1.29, 1.82) is 0 Å². The first-order valence-corrected chi connectivity index (χ1v) is 4.33. The standard InChI is InChI=1S/C10H7N3O2/c14-6-11-8-3-1-7(2-4-8)9-5-10(15)13-12-9/h1-4H,5H2,(H,13,15). The van der Waals surface area contributed by atoms with Gasteiger partial charge in [0.25, 0.3) is 0 Å². The lowest BCUT2D eigenvalue weighted by molar-refractivity contribution is -0.119. The van der Waals surface area contributed by atoms with Gasteiger partial charge in [0, 0.05) is 0 Å². The molecule has 5 nitrogen and oxygen atoms in total. The van der Waals surface area contributed by atoms with Crippen molar-refractivity contribution in [3.63, 3.8) is 0 Å². The van der Waals surface area contributed by atoms with Crippen molar-refractivity contribution in [3.05, 3.63) is 29.8 Å². The molecular formula is C10H7N3O2. The van der Waals surface area contributed by atoms with Crippen LogP contribution in [0.4, 0.5) is 5.69 Å². The first-order valence-electron chi connectivity index (χ1n) is 4.33. The summed E-state index contributed by atoms with van der Waals surface area (Å²) in [5, 5.41) is 3.87. The van der Waals surface area contributed by atoms with Gasteiger partial charge in [0.1, 0.15) is 0 Å². The number of nitrogens with one attached hydrogen (secondary N) is 1. The number of amides is 1. The average molecular weight is 201 g/mol. The van der Waals surface area contributed by atoms with Crippen molar-refractivity contribution >= 4 is 23.4 Å². The number of rotatable bonds is 2. The van der Waals surface area contributed by atoms with E-state index >= 15 is 0 Å². The summed E-state index contributed by atoms with van der Waals surface area (Å²) in [7, 11) is 0. The fourth-order valence-corrected chi connectivity index (χ4v) is 1.31. The predicted octanol–water partition coefficient (Wildman–Crippen LogP) is 0.878. The van der Waals surface area contributed by atoms with Crippen LogP contribution in [-0.4, -0.2) is 17.7 Å². The number of carbonyl (C=O) groups is 1. The van der Waals surface area contributed by atoms with Crippen LogP contribution in [0.3, 0.4) is 0 Å². The van der Waals surface area contributed by atoms with E-state index < -0.39 is 0 Å². The minimum absolute atomic E-state index is 0.111. The number of carbonyl (C=O) groups excluding carboxylic acids is 2. The topological polar surface area (TPSA) is 70.9 Å². The fourth-order valence-electron chi connectivity index (χ4n) is 1.31. The third-order valence-electron chi connectivity index (χ3n) is 2.02. The average Bonchev–Trinajstić information content (AvgIpc) is 2.67. The number of hydrazone groups is 1. The molecule has 0 aromatic heterocycles. The zero-order valence-corrected chi connectivity index (χ0v) is 7.73. The van der Waals surface area contributed by atoms with Crippen LogP contribution >= 0.6 is 0 Å². The summed E-state index contributed by atoms with van der Waals surface area (Å²) in [6.45, 7) is 0. The summed E-state index contributed by atoms with van der Waals surface area (Å²) in [6, 6.07) is 6.86. The molecule has 0 spiro atoms. The molecule has 2 rings (SSSR count). The van der Waals surface area contributed by atoms with Crippen LogP contribution in [0.2, 0.25) is 0 Å². The second kappa shape index (κ2) is 3.86. The van der Waals surface area contributed by atoms with Gasteiger partial charge in [-0.25, -0.2) is 10.2 Å². The Morgan fingerprint density at radius 2 is 2.07 bits per heavy atom. The van der Waals surface area contributed by atoms with Gasteiger partial charge in [-0.15, -0.1) is 0 Å². The third kappa shape index (κ3) is 1.98. The lowest BCUT2D eigenvalue weighted by Crippen LogP contribution is -2.09. The van der Waals surface area contributed by atoms with E-state index in [1.54, 1.807) is 24.3 Å². The van der Waals surface area contributed by atoms with Crippen LogP contribution in [0.1, 0.15) is 12.0 Å². The Labute approximate surface area is 85.5 Å². The number of benzene rings is 1. The molecule has 1 N–H and O–H groups in total. The highest BCUT2D eigenvalue weighted by Crippen LogP contribution is 2.15. The highest BCUT2D eigenvalue weighted by Gasteiger charge is 2.15. The van der Waals surface area contributed by atoms with Crippen molar-refractivity contribution in [3.8, 4) is 0 Å². The zero-order valence-electron chi connectivity index (χ0n) is 7.73. The molecule has 0 unspecified atom stereocenters. The van der Waals surface area contributed by atoms with Crippen LogP contribution < -0.4 is 5.43 Å². The molecule has 1 aromatic carbocycles. The fraction of sp³-hybridized carbons (Fsp3) is 0.100. The SMILES string of the molecule is O=C=Nc1ccc(C2=NNC(=O)C2)cc1. The molecule has 5 heteroatoms. The Morgan fingerprint density at radius 3 is 2.60 bits per heavy atom. The number of nitrogens with zero attached hydrogens (tertiary/aromatic N) is 2. The monoisotopic (exact) mass is 201 g/mol. The normalized spacial score (nSPS) is 14.1.